The molecule has 0 unspecified atom stereocenters. The predicted octanol–water partition coefficient (Wildman–Crippen LogP) is 4.66. The van der Waals surface area contributed by atoms with Gasteiger partial charge in [0, 0.05) is 20.2 Å². The van der Waals surface area contributed by atoms with Gasteiger partial charge in [-0.25, -0.2) is 0 Å². The van der Waals surface area contributed by atoms with Gasteiger partial charge in [0.15, 0.2) is 0 Å². The smallest absolute Gasteiger partial charge is 0.383 e. The third kappa shape index (κ3) is 8.59. The minimum absolute atomic E-state index is 0.0814. The lowest BCUT2D eigenvalue weighted by molar-refractivity contribution is -0.138. The van der Waals surface area contributed by atoms with E-state index in [9.17, 15) is 26.4 Å². The summed E-state index contributed by atoms with van der Waals surface area (Å²) >= 11 is 0. The zero-order valence-corrected chi connectivity index (χ0v) is 20.8. The van der Waals surface area contributed by atoms with Crippen LogP contribution in [-0.4, -0.2) is 46.1 Å². The van der Waals surface area contributed by atoms with Crippen molar-refractivity contribution in [3.8, 4) is 5.75 Å². The number of alkyl halides is 3. The van der Waals surface area contributed by atoms with Gasteiger partial charge in [-0.2, -0.15) is 21.6 Å². The highest BCUT2D eigenvalue weighted by Gasteiger charge is 2.32. The number of carbonyl (C=O) groups is 1. The Balaban J connectivity index is 1.63. The molecule has 1 amide bonds. The molecule has 0 aliphatic carbocycles. The number of methoxy groups -OCH3 is 1. The van der Waals surface area contributed by atoms with E-state index in [4.69, 9.17) is 13.7 Å². The summed E-state index contributed by atoms with van der Waals surface area (Å²) in [6.07, 6.45) is -4.69. The second kappa shape index (κ2) is 12.7. The molecule has 0 atom stereocenters. The van der Waals surface area contributed by atoms with Crippen LogP contribution >= 0.6 is 0 Å². The number of amides is 1. The largest absolute Gasteiger partial charge is 0.416 e. The lowest BCUT2D eigenvalue weighted by atomic mass is 10.2. The maximum atomic E-state index is 12.9. The molecule has 3 aromatic carbocycles. The monoisotopic (exact) mass is 537 g/mol. The topological polar surface area (TPSA) is 82.1 Å². The molecule has 0 fully saturated rings. The van der Waals surface area contributed by atoms with E-state index in [0.717, 1.165) is 23.8 Å². The average Bonchev–Trinajstić information content (AvgIpc) is 2.87. The van der Waals surface area contributed by atoms with E-state index in [1.807, 2.05) is 30.3 Å². The number of hydrogen-bond acceptors (Lipinski definition) is 6. The molecule has 37 heavy (non-hydrogen) atoms. The molecule has 0 bridgehead atoms. The Morgan fingerprint density at radius 2 is 1.62 bits per heavy atom. The van der Waals surface area contributed by atoms with Crippen molar-refractivity contribution in [3.05, 3.63) is 95.6 Å². The van der Waals surface area contributed by atoms with Gasteiger partial charge in [-0.3, -0.25) is 4.79 Å². The SMILES string of the molecule is COCCN(Cc1ccc(OS(=O)(=O)c2cccc(C(F)(F)F)c2)cc1)C(=O)COCc1ccccc1. The molecule has 0 saturated carbocycles. The van der Waals surface area contributed by atoms with Gasteiger partial charge in [0.2, 0.25) is 5.91 Å². The fraction of sp³-hybridized carbons (Fsp3) is 0.269. The number of ether oxygens (including phenoxy) is 2. The second-order valence-electron chi connectivity index (χ2n) is 7.99. The first-order chi connectivity index (χ1) is 17.6. The standard InChI is InChI=1S/C26H26F3NO6S/c1-34-15-14-30(25(31)19-35-18-21-6-3-2-4-7-21)17-20-10-12-23(13-11-20)36-37(32,33)24-9-5-8-22(16-24)26(27,28)29/h2-13,16H,14-15,17-19H2,1H3. The zero-order chi connectivity index (χ0) is 26.9. The lowest BCUT2D eigenvalue weighted by Gasteiger charge is -2.22. The van der Waals surface area contributed by atoms with Gasteiger partial charge < -0.3 is 18.6 Å². The highest BCUT2D eigenvalue weighted by atomic mass is 32.2. The van der Waals surface area contributed by atoms with Crippen molar-refractivity contribution in [1.29, 1.82) is 0 Å². The van der Waals surface area contributed by atoms with E-state index < -0.39 is 26.8 Å². The summed E-state index contributed by atoms with van der Waals surface area (Å²) in [6, 6.07) is 18.6. The van der Waals surface area contributed by atoms with Crippen LogP contribution in [0.15, 0.2) is 83.8 Å². The molecule has 0 saturated heterocycles. The molecule has 198 valence electrons. The summed E-state index contributed by atoms with van der Waals surface area (Å²) < 4.78 is 79.4. The number of rotatable bonds is 12. The number of halogens is 3. The summed E-state index contributed by atoms with van der Waals surface area (Å²) in [5.41, 5.74) is 0.520. The average molecular weight is 538 g/mol. The molecule has 0 radical (unpaired) electrons. The van der Waals surface area contributed by atoms with E-state index in [0.29, 0.717) is 24.8 Å². The summed E-state index contributed by atoms with van der Waals surface area (Å²) in [4.78, 5) is 13.6. The van der Waals surface area contributed by atoms with Crippen LogP contribution in [0, 0.1) is 0 Å². The van der Waals surface area contributed by atoms with Crippen LogP contribution in [0.5, 0.6) is 5.75 Å². The first-order valence-corrected chi connectivity index (χ1v) is 12.6. The molecule has 0 spiro atoms. The predicted molar refractivity (Wildman–Crippen MR) is 129 cm³/mol. The van der Waals surface area contributed by atoms with Gasteiger partial charge in [-0.1, -0.05) is 48.5 Å². The highest BCUT2D eigenvalue weighted by Crippen LogP contribution is 2.31. The van der Waals surface area contributed by atoms with E-state index in [-0.39, 0.29) is 31.4 Å². The van der Waals surface area contributed by atoms with E-state index >= 15 is 0 Å². The van der Waals surface area contributed by atoms with Crippen LogP contribution < -0.4 is 4.18 Å². The fourth-order valence-corrected chi connectivity index (χ4v) is 4.27. The van der Waals surface area contributed by atoms with Crippen LogP contribution in [0.3, 0.4) is 0 Å². The molecule has 3 aromatic rings. The molecule has 0 aliphatic heterocycles. The van der Waals surface area contributed by atoms with E-state index in [2.05, 4.69) is 0 Å². The van der Waals surface area contributed by atoms with Crippen molar-refractivity contribution in [2.45, 2.75) is 24.2 Å². The third-order valence-electron chi connectivity index (χ3n) is 5.21. The van der Waals surface area contributed by atoms with Gasteiger partial charge in [-0.05, 0) is 41.5 Å². The molecule has 0 heterocycles. The Morgan fingerprint density at radius 1 is 0.919 bits per heavy atom. The van der Waals surface area contributed by atoms with Crippen LogP contribution in [0.1, 0.15) is 16.7 Å². The molecular weight excluding hydrogens is 511 g/mol. The van der Waals surface area contributed by atoms with E-state index in [1.165, 1.54) is 19.2 Å². The summed E-state index contributed by atoms with van der Waals surface area (Å²) in [5, 5.41) is 0. The molecular formula is C26H26F3NO6S. The number of hydrogen-bond donors (Lipinski definition) is 0. The summed E-state index contributed by atoms with van der Waals surface area (Å²) in [5.74, 6) is -0.331. The fourth-order valence-electron chi connectivity index (χ4n) is 3.29. The lowest BCUT2D eigenvalue weighted by Crippen LogP contribution is -2.36. The van der Waals surface area contributed by atoms with Crippen LogP contribution in [0.4, 0.5) is 13.2 Å². The molecule has 0 aliphatic rings. The summed E-state index contributed by atoms with van der Waals surface area (Å²) in [7, 11) is -2.97. The number of nitrogens with zero attached hydrogens (tertiary/aromatic N) is 1. The third-order valence-corrected chi connectivity index (χ3v) is 6.45. The van der Waals surface area contributed by atoms with Crippen molar-refractivity contribution in [2.75, 3.05) is 26.9 Å². The first kappa shape index (κ1) is 28.2. The normalized spacial score (nSPS) is 11.8. The Kier molecular flexibility index (Phi) is 9.67. The zero-order valence-electron chi connectivity index (χ0n) is 20.0. The minimum Gasteiger partial charge on any atom is -0.383 e. The van der Waals surface area contributed by atoms with Gasteiger partial charge in [0.25, 0.3) is 0 Å². The van der Waals surface area contributed by atoms with Gasteiger partial charge in [-0.15, -0.1) is 0 Å². The van der Waals surface area contributed by atoms with Crippen molar-refractivity contribution >= 4 is 16.0 Å². The minimum atomic E-state index is -4.69. The van der Waals surface area contributed by atoms with Gasteiger partial charge in [0.1, 0.15) is 17.3 Å². The van der Waals surface area contributed by atoms with Gasteiger partial charge >= 0.3 is 16.3 Å². The first-order valence-electron chi connectivity index (χ1n) is 11.2. The summed E-state index contributed by atoms with van der Waals surface area (Å²) in [6.45, 7) is 0.983. The molecule has 7 nitrogen and oxygen atoms in total. The number of carbonyl (C=O) groups excluding carboxylic acids is 1. The Morgan fingerprint density at radius 3 is 2.27 bits per heavy atom. The maximum absolute atomic E-state index is 12.9. The van der Waals surface area contributed by atoms with E-state index in [1.54, 1.807) is 17.0 Å². The van der Waals surface area contributed by atoms with Crippen molar-refractivity contribution < 1.29 is 40.0 Å². The maximum Gasteiger partial charge on any atom is 0.416 e. The highest BCUT2D eigenvalue weighted by molar-refractivity contribution is 7.87. The quantitative estimate of drug-likeness (QED) is 0.313. The van der Waals surface area contributed by atoms with Crippen molar-refractivity contribution in [1.82, 2.24) is 4.90 Å². The van der Waals surface area contributed by atoms with Crippen molar-refractivity contribution in [3.63, 3.8) is 0 Å². The Labute approximate surface area is 213 Å². The van der Waals surface area contributed by atoms with Crippen LogP contribution in [0.25, 0.3) is 0 Å². The molecule has 0 aromatic heterocycles. The van der Waals surface area contributed by atoms with Crippen LogP contribution in [-0.2, 0) is 43.7 Å². The number of benzene rings is 3. The van der Waals surface area contributed by atoms with Gasteiger partial charge in [0.05, 0.1) is 18.8 Å². The molecule has 3 rings (SSSR count). The Hall–Kier alpha value is -3.41. The molecule has 11 heteroatoms. The second-order valence-corrected chi connectivity index (χ2v) is 9.54. The van der Waals surface area contributed by atoms with Crippen molar-refractivity contribution in [2.24, 2.45) is 0 Å². The Bertz CT molecular complexity index is 1270. The van der Waals surface area contributed by atoms with Crippen LogP contribution in [0.2, 0.25) is 0 Å². The molecule has 0 N–H and O–H groups in total.